The first-order valence-corrected chi connectivity index (χ1v) is 11.4. The van der Waals surface area contributed by atoms with Gasteiger partial charge in [-0.3, -0.25) is 24.0 Å². The molecule has 4 rings (SSSR count). The van der Waals surface area contributed by atoms with Crippen molar-refractivity contribution in [3.8, 4) is 11.1 Å². The van der Waals surface area contributed by atoms with Gasteiger partial charge in [0, 0.05) is 43.7 Å². The summed E-state index contributed by atoms with van der Waals surface area (Å²) in [5.41, 5.74) is 4.43. The van der Waals surface area contributed by atoms with E-state index in [9.17, 15) is 24.0 Å². The molecular weight excluding hydrogens is 470 g/mol. The average Bonchev–Trinajstić information content (AvgIpc) is 3.33. The van der Waals surface area contributed by atoms with Crippen LogP contribution in [0.25, 0.3) is 11.1 Å². The maximum absolute atomic E-state index is 12.3. The predicted octanol–water partition coefficient (Wildman–Crippen LogP) is 2.95. The molecule has 2 aliphatic rings. The van der Waals surface area contributed by atoms with Crippen LogP contribution in [0.3, 0.4) is 0 Å². The Labute approximate surface area is 206 Å². The summed E-state index contributed by atoms with van der Waals surface area (Å²) in [6, 6.07) is 10.8. The first-order chi connectivity index (χ1) is 17.3. The molecule has 2 aromatic carbocycles. The number of carbonyl (C=O) groups is 5. The van der Waals surface area contributed by atoms with Crippen LogP contribution in [0.5, 0.6) is 0 Å². The minimum absolute atomic E-state index is 0.0285. The number of carbonyl (C=O) groups excluding carboxylic acids is 5. The van der Waals surface area contributed by atoms with Crippen molar-refractivity contribution in [3.63, 3.8) is 0 Å². The van der Waals surface area contributed by atoms with Crippen LogP contribution in [0.2, 0.25) is 0 Å². The lowest BCUT2D eigenvalue weighted by molar-refractivity contribution is -0.177. The quantitative estimate of drug-likeness (QED) is 0.421. The van der Waals surface area contributed by atoms with E-state index in [0.29, 0.717) is 22.9 Å². The SMILES string of the molecule is CCC(=O)Nc1ccc2c(c1)C(COC(=O)ON1C(=O)CCC1=O)c1cc(NC(=O)COC)ccc1-2. The smallest absolute Gasteiger partial charge is 0.432 e. The monoisotopic (exact) mass is 495 g/mol. The number of imide groups is 1. The molecule has 2 aromatic rings. The fourth-order valence-corrected chi connectivity index (χ4v) is 4.18. The van der Waals surface area contributed by atoms with E-state index in [2.05, 4.69) is 10.6 Å². The molecule has 0 bridgehead atoms. The minimum atomic E-state index is -1.19. The Balaban J connectivity index is 1.59. The Morgan fingerprint density at radius 3 is 2.00 bits per heavy atom. The number of hydrogen-bond acceptors (Lipinski definition) is 8. The fraction of sp³-hybridized carbons (Fsp3) is 0.320. The van der Waals surface area contributed by atoms with Gasteiger partial charge in [0.05, 0.1) is 0 Å². The number of benzene rings is 2. The van der Waals surface area contributed by atoms with E-state index in [1.54, 1.807) is 31.2 Å². The van der Waals surface area contributed by atoms with Gasteiger partial charge in [-0.25, -0.2) is 4.79 Å². The number of hydrogen-bond donors (Lipinski definition) is 2. The van der Waals surface area contributed by atoms with Crippen LogP contribution in [0.1, 0.15) is 43.2 Å². The van der Waals surface area contributed by atoms with Gasteiger partial charge in [-0.15, -0.1) is 0 Å². The predicted molar refractivity (Wildman–Crippen MR) is 127 cm³/mol. The molecule has 11 heteroatoms. The molecule has 1 unspecified atom stereocenters. The zero-order valence-corrected chi connectivity index (χ0v) is 19.8. The number of hydroxylamine groups is 2. The van der Waals surface area contributed by atoms with Crippen LogP contribution in [0.4, 0.5) is 16.2 Å². The minimum Gasteiger partial charge on any atom is -0.432 e. The molecule has 36 heavy (non-hydrogen) atoms. The molecule has 2 N–H and O–H groups in total. The Hall–Kier alpha value is -4.25. The highest BCUT2D eigenvalue weighted by molar-refractivity contribution is 6.01. The molecular formula is C25H25N3O8. The molecule has 1 fully saturated rings. The summed E-state index contributed by atoms with van der Waals surface area (Å²) in [7, 11) is 1.42. The zero-order chi connectivity index (χ0) is 25.8. The number of nitrogens with one attached hydrogen (secondary N) is 2. The largest absolute Gasteiger partial charge is 0.533 e. The number of rotatable bonds is 8. The normalized spacial score (nSPS) is 15.8. The van der Waals surface area contributed by atoms with Gasteiger partial charge < -0.3 is 20.1 Å². The zero-order valence-electron chi connectivity index (χ0n) is 19.8. The first-order valence-electron chi connectivity index (χ1n) is 11.4. The number of ether oxygens (including phenoxy) is 2. The standard InChI is InChI=1S/C25H25N3O8/c1-3-21(29)26-14-4-6-16-17-7-5-15(27-22(30)13-34-2)11-19(17)20(18(16)10-14)12-35-25(33)36-28-23(31)8-9-24(28)32/h4-7,10-11,20H,3,8-9,12-13H2,1-2H3,(H,26,29)(H,27,30). The van der Waals surface area contributed by atoms with Gasteiger partial charge in [-0.1, -0.05) is 24.1 Å². The van der Waals surface area contributed by atoms with Gasteiger partial charge in [0.25, 0.3) is 11.8 Å². The second-order valence-corrected chi connectivity index (χ2v) is 8.27. The van der Waals surface area contributed by atoms with Crippen molar-refractivity contribution in [1.29, 1.82) is 0 Å². The maximum atomic E-state index is 12.3. The molecule has 0 spiro atoms. The van der Waals surface area contributed by atoms with Gasteiger partial charge in [0.15, 0.2) is 0 Å². The lowest BCUT2D eigenvalue weighted by Gasteiger charge is -2.17. The average molecular weight is 495 g/mol. The van der Waals surface area contributed by atoms with Crippen LogP contribution >= 0.6 is 0 Å². The number of anilines is 2. The molecule has 1 atom stereocenters. The molecule has 1 heterocycles. The molecule has 1 saturated heterocycles. The summed E-state index contributed by atoms with van der Waals surface area (Å²) in [4.78, 5) is 64.5. The number of amides is 4. The molecule has 0 aromatic heterocycles. The maximum Gasteiger partial charge on any atom is 0.533 e. The lowest BCUT2D eigenvalue weighted by atomic mass is 9.97. The summed E-state index contributed by atoms with van der Waals surface area (Å²) in [5.74, 6) is -2.16. The van der Waals surface area contributed by atoms with Crippen LogP contribution in [-0.4, -0.2) is 55.2 Å². The van der Waals surface area contributed by atoms with Crippen LogP contribution in [0, 0.1) is 0 Å². The Morgan fingerprint density at radius 2 is 1.47 bits per heavy atom. The van der Waals surface area contributed by atoms with Crippen molar-refractivity contribution in [2.45, 2.75) is 32.1 Å². The third kappa shape index (κ3) is 5.20. The Morgan fingerprint density at radius 1 is 0.917 bits per heavy atom. The van der Waals surface area contributed by atoms with E-state index in [1.807, 2.05) is 12.1 Å². The number of methoxy groups -OCH3 is 1. The van der Waals surface area contributed by atoms with E-state index in [1.165, 1.54) is 7.11 Å². The highest BCUT2D eigenvalue weighted by atomic mass is 16.8. The third-order valence-corrected chi connectivity index (χ3v) is 5.85. The first kappa shape index (κ1) is 24.9. The van der Waals surface area contributed by atoms with E-state index >= 15 is 0 Å². The summed E-state index contributed by atoms with van der Waals surface area (Å²) in [5, 5.41) is 5.99. The molecule has 188 valence electrons. The third-order valence-electron chi connectivity index (χ3n) is 5.85. The van der Waals surface area contributed by atoms with Gasteiger partial charge in [-0.05, 0) is 46.5 Å². The molecule has 0 saturated carbocycles. The van der Waals surface area contributed by atoms with Crippen molar-refractivity contribution < 1.29 is 38.3 Å². The molecule has 1 aliphatic carbocycles. The van der Waals surface area contributed by atoms with Gasteiger partial charge in [0.2, 0.25) is 11.8 Å². The topological polar surface area (TPSA) is 140 Å². The highest BCUT2D eigenvalue weighted by Gasteiger charge is 2.35. The lowest BCUT2D eigenvalue weighted by Crippen LogP contribution is -2.32. The van der Waals surface area contributed by atoms with Crippen molar-refractivity contribution >= 4 is 41.2 Å². The van der Waals surface area contributed by atoms with Gasteiger partial charge >= 0.3 is 6.16 Å². The highest BCUT2D eigenvalue weighted by Crippen LogP contribution is 2.47. The van der Waals surface area contributed by atoms with Crippen LogP contribution < -0.4 is 10.6 Å². The molecule has 4 amide bonds. The van der Waals surface area contributed by atoms with Crippen LogP contribution in [0.15, 0.2) is 36.4 Å². The fourth-order valence-electron chi connectivity index (χ4n) is 4.18. The second kappa shape index (κ2) is 10.6. The molecule has 11 nitrogen and oxygen atoms in total. The van der Waals surface area contributed by atoms with Crippen molar-refractivity contribution in [1.82, 2.24) is 5.06 Å². The Bertz CT molecular complexity index is 1230. The second-order valence-electron chi connectivity index (χ2n) is 8.27. The Kier molecular flexibility index (Phi) is 7.30. The van der Waals surface area contributed by atoms with Crippen LogP contribution in [-0.2, 0) is 33.5 Å². The summed E-state index contributed by atoms with van der Waals surface area (Å²) in [6.07, 6.45) is -0.930. The van der Waals surface area contributed by atoms with Crippen molar-refractivity contribution in [2.24, 2.45) is 0 Å². The van der Waals surface area contributed by atoms with E-state index in [-0.39, 0.29) is 37.9 Å². The number of fused-ring (bicyclic) bond motifs is 3. The van der Waals surface area contributed by atoms with E-state index in [0.717, 1.165) is 22.3 Å². The van der Waals surface area contributed by atoms with Crippen molar-refractivity contribution in [2.75, 3.05) is 31.0 Å². The summed E-state index contributed by atoms with van der Waals surface area (Å²) < 4.78 is 10.2. The summed E-state index contributed by atoms with van der Waals surface area (Å²) in [6.45, 7) is 1.47. The molecule has 0 radical (unpaired) electrons. The van der Waals surface area contributed by atoms with E-state index < -0.39 is 23.9 Å². The number of nitrogens with zero attached hydrogens (tertiary/aromatic N) is 1. The van der Waals surface area contributed by atoms with Gasteiger partial charge in [0.1, 0.15) is 13.2 Å². The van der Waals surface area contributed by atoms with Crippen molar-refractivity contribution in [3.05, 3.63) is 47.5 Å². The molecule has 1 aliphatic heterocycles. The van der Waals surface area contributed by atoms with Gasteiger partial charge in [-0.2, -0.15) is 0 Å². The summed E-state index contributed by atoms with van der Waals surface area (Å²) >= 11 is 0. The van der Waals surface area contributed by atoms with E-state index in [4.69, 9.17) is 14.3 Å².